The number of benzene rings is 1. The number of rotatable bonds is 5. The first-order chi connectivity index (χ1) is 12.6. The molecule has 1 aliphatic rings. The fourth-order valence-corrected chi connectivity index (χ4v) is 4.01. The second kappa shape index (κ2) is 7.01. The predicted molar refractivity (Wildman–Crippen MR) is 99.3 cm³/mol. The van der Waals surface area contributed by atoms with Gasteiger partial charge in [0, 0.05) is 17.8 Å². The van der Waals surface area contributed by atoms with E-state index in [-0.39, 0.29) is 24.0 Å². The summed E-state index contributed by atoms with van der Waals surface area (Å²) in [4.78, 5) is 21.3. The highest BCUT2D eigenvalue weighted by atomic mass is 32.1. The molecule has 1 amide bonds. The largest absolute Gasteiger partial charge is 0.481 e. The molecule has 7 heteroatoms. The molecule has 1 fully saturated rings. The Hall–Kier alpha value is -2.51. The van der Waals surface area contributed by atoms with Gasteiger partial charge in [-0.3, -0.25) is 4.79 Å². The summed E-state index contributed by atoms with van der Waals surface area (Å²) in [6.45, 7) is 0. The van der Waals surface area contributed by atoms with Crippen molar-refractivity contribution >= 4 is 27.5 Å². The maximum Gasteiger partial charge on any atom is 0.251 e. The highest BCUT2D eigenvalue weighted by molar-refractivity contribution is 7.16. The highest BCUT2D eigenvalue weighted by Gasteiger charge is 2.36. The summed E-state index contributed by atoms with van der Waals surface area (Å²) in [5.41, 5.74) is 4.18. The van der Waals surface area contributed by atoms with E-state index < -0.39 is 0 Å². The number of carbonyl (C=O) groups excluding carboxylic acids is 1. The molecule has 0 saturated heterocycles. The van der Waals surface area contributed by atoms with Crippen molar-refractivity contribution in [1.82, 2.24) is 15.3 Å². The van der Waals surface area contributed by atoms with Gasteiger partial charge in [0.05, 0.1) is 35.0 Å². The molecule has 26 heavy (non-hydrogen) atoms. The number of amides is 1. The van der Waals surface area contributed by atoms with Crippen LogP contribution in [0.5, 0.6) is 5.88 Å². The Bertz CT molecular complexity index is 919. The van der Waals surface area contributed by atoms with Crippen LogP contribution in [0.25, 0.3) is 10.2 Å². The van der Waals surface area contributed by atoms with Gasteiger partial charge >= 0.3 is 0 Å². The van der Waals surface area contributed by atoms with Crippen molar-refractivity contribution in [2.45, 2.75) is 25.0 Å². The maximum absolute atomic E-state index is 12.8. The van der Waals surface area contributed by atoms with Crippen LogP contribution in [0.3, 0.4) is 0 Å². The van der Waals surface area contributed by atoms with E-state index in [0.29, 0.717) is 24.3 Å². The summed E-state index contributed by atoms with van der Waals surface area (Å²) in [6.07, 6.45) is 2.77. The van der Waals surface area contributed by atoms with Crippen molar-refractivity contribution in [1.29, 1.82) is 0 Å². The lowest BCUT2D eigenvalue weighted by atomic mass is 9.75. The molecule has 4 rings (SSSR count). The highest BCUT2D eigenvalue weighted by Crippen LogP contribution is 2.38. The number of fused-ring (bicyclic) bond motifs is 1. The van der Waals surface area contributed by atoms with Gasteiger partial charge in [-0.05, 0) is 42.5 Å². The van der Waals surface area contributed by atoms with Crippen LogP contribution in [0.2, 0.25) is 0 Å². The van der Waals surface area contributed by atoms with Gasteiger partial charge in [-0.15, -0.1) is 11.3 Å². The van der Waals surface area contributed by atoms with Crippen LogP contribution in [-0.4, -0.2) is 34.2 Å². The second-order valence-corrected chi connectivity index (χ2v) is 7.39. The third-order valence-electron chi connectivity index (χ3n) is 4.83. The molecule has 2 heterocycles. The Morgan fingerprint density at radius 2 is 2.15 bits per heavy atom. The lowest BCUT2D eigenvalue weighted by Gasteiger charge is -2.38. The molecule has 0 spiro atoms. The number of aliphatic hydroxyl groups is 1. The average Bonchev–Trinajstić information content (AvgIpc) is 3.11. The molecule has 1 saturated carbocycles. The summed E-state index contributed by atoms with van der Waals surface area (Å²) >= 11 is 1.51. The van der Waals surface area contributed by atoms with Crippen LogP contribution < -0.4 is 10.1 Å². The van der Waals surface area contributed by atoms with Crippen molar-refractivity contribution in [3.05, 3.63) is 53.2 Å². The molecule has 2 N–H and O–H groups in total. The molecule has 1 aromatic carbocycles. The van der Waals surface area contributed by atoms with Crippen LogP contribution in [0.15, 0.2) is 42.0 Å². The summed E-state index contributed by atoms with van der Waals surface area (Å²) in [5.74, 6) is 0.585. The molecular formula is C19H19N3O3S. The molecule has 134 valence electrons. The standard InChI is InChI=1S/C19H19N3O3S/c1-25-17-5-3-12(9-20-17)18(13-6-14(23)7-13)22-19(24)11-2-4-15-16(8-11)26-10-21-15/h2-5,8-10,13-14,18,23H,6-7H2,1H3,(H,22,24)/t13?,14?,18-/m0/s1. The summed E-state index contributed by atoms with van der Waals surface area (Å²) in [5, 5.41) is 12.8. The van der Waals surface area contributed by atoms with E-state index in [4.69, 9.17) is 4.74 Å². The lowest BCUT2D eigenvalue weighted by Crippen LogP contribution is -2.41. The number of carbonyl (C=O) groups is 1. The minimum Gasteiger partial charge on any atom is -0.481 e. The smallest absolute Gasteiger partial charge is 0.251 e. The number of methoxy groups -OCH3 is 1. The minimum atomic E-state index is -0.292. The number of pyridine rings is 1. The van der Waals surface area contributed by atoms with Crippen LogP contribution in [0.1, 0.15) is 34.8 Å². The zero-order valence-corrected chi connectivity index (χ0v) is 15.1. The Morgan fingerprint density at radius 3 is 2.85 bits per heavy atom. The Morgan fingerprint density at radius 1 is 1.31 bits per heavy atom. The number of thiazole rings is 1. The molecule has 0 bridgehead atoms. The fraction of sp³-hybridized carbons (Fsp3) is 0.316. The van der Waals surface area contributed by atoms with Gasteiger partial charge in [-0.25, -0.2) is 9.97 Å². The van der Waals surface area contributed by atoms with E-state index in [1.807, 2.05) is 18.2 Å². The van der Waals surface area contributed by atoms with Gasteiger partial charge < -0.3 is 15.2 Å². The number of nitrogens with zero attached hydrogens (tertiary/aromatic N) is 2. The minimum absolute atomic E-state index is 0.137. The van der Waals surface area contributed by atoms with Crippen molar-refractivity contribution < 1.29 is 14.6 Å². The van der Waals surface area contributed by atoms with Crippen LogP contribution in [-0.2, 0) is 0 Å². The van der Waals surface area contributed by atoms with Crippen molar-refractivity contribution in [3.8, 4) is 5.88 Å². The topological polar surface area (TPSA) is 84.3 Å². The van der Waals surface area contributed by atoms with Crippen LogP contribution in [0, 0.1) is 5.92 Å². The van der Waals surface area contributed by atoms with E-state index in [1.165, 1.54) is 11.3 Å². The average molecular weight is 369 g/mol. The zero-order valence-electron chi connectivity index (χ0n) is 14.3. The number of aliphatic hydroxyl groups excluding tert-OH is 1. The predicted octanol–water partition coefficient (Wildman–Crippen LogP) is 2.94. The van der Waals surface area contributed by atoms with E-state index in [9.17, 15) is 9.90 Å². The fourth-order valence-electron chi connectivity index (χ4n) is 3.29. The molecule has 0 aliphatic heterocycles. The first-order valence-electron chi connectivity index (χ1n) is 8.46. The van der Waals surface area contributed by atoms with Gasteiger partial charge in [0.1, 0.15) is 0 Å². The second-order valence-electron chi connectivity index (χ2n) is 6.51. The molecular weight excluding hydrogens is 350 g/mol. The number of ether oxygens (including phenoxy) is 1. The molecule has 6 nitrogen and oxygen atoms in total. The number of hydrogen-bond acceptors (Lipinski definition) is 6. The quantitative estimate of drug-likeness (QED) is 0.722. The first-order valence-corrected chi connectivity index (χ1v) is 9.34. The van der Waals surface area contributed by atoms with E-state index in [0.717, 1.165) is 15.8 Å². The van der Waals surface area contributed by atoms with Gasteiger partial charge in [-0.2, -0.15) is 0 Å². The van der Waals surface area contributed by atoms with Crippen molar-refractivity contribution in [2.75, 3.05) is 7.11 Å². The lowest BCUT2D eigenvalue weighted by molar-refractivity contribution is 0.0234. The zero-order chi connectivity index (χ0) is 18.1. The molecule has 0 unspecified atom stereocenters. The van der Waals surface area contributed by atoms with E-state index >= 15 is 0 Å². The SMILES string of the molecule is COc1ccc([C@H](NC(=O)c2ccc3ncsc3c2)C2CC(O)C2)cn1. The Balaban J connectivity index is 1.57. The van der Waals surface area contributed by atoms with Crippen molar-refractivity contribution in [2.24, 2.45) is 5.92 Å². The van der Waals surface area contributed by atoms with E-state index in [1.54, 1.807) is 30.9 Å². The third-order valence-corrected chi connectivity index (χ3v) is 5.62. The Labute approximate surface area is 154 Å². The van der Waals surface area contributed by atoms with Crippen molar-refractivity contribution in [3.63, 3.8) is 0 Å². The number of aromatic nitrogens is 2. The molecule has 3 aromatic rings. The third kappa shape index (κ3) is 3.27. The summed E-state index contributed by atoms with van der Waals surface area (Å²) in [6, 6.07) is 9.01. The molecule has 1 aliphatic carbocycles. The Kier molecular flexibility index (Phi) is 4.57. The monoisotopic (exact) mass is 369 g/mol. The van der Waals surface area contributed by atoms with Gasteiger partial charge in [0.25, 0.3) is 5.91 Å². The molecule has 1 atom stereocenters. The summed E-state index contributed by atoms with van der Waals surface area (Å²) < 4.78 is 6.09. The van der Waals surface area contributed by atoms with E-state index in [2.05, 4.69) is 15.3 Å². The van der Waals surface area contributed by atoms with Gasteiger partial charge in [0.2, 0.25) is 5.88 Å². The molecule has 2 aromatic heterocycles. The van der Waals surface area contributed by atoms with Crippen LogP contribution in [0.4, 0.5) is 0 Å². The van der Waals surface area contributed by atoms with Gasteiger partial charge in [-0.1, -0.05) is 6.07 Å². The van der Waals surface area contributed by atoms with Crippen LogP contribution >= 0.6 is 11.3 Å². The normalized spacial score (nSPS) is 20.4. The van der Waals surface area contributed by atoms with Gasteiger partial charge in [0.15, 0.2) is 0 Å². The summed E-state index contributed by atoms with van der Waals surface area (Å²) in [7, 11) is 1.57. The maximum atomic E-state index is 12.8. The number of nitrogens with one attached hydrogen (secondary N) is 1. The molecule has 0 radical (unpaired) electrons. The number of hydrogen-bond donors (Lipinski definition) is 2. The first kappa shape index (κ1) is 16.9.